The van der Waals surface area contributed by atoms with Gasteiger partial charge in [0.15, 0.2) is 0 Å². The van der Waals surface area contributed by atoms with Gasteiger partial charge >= 0.3 is 6.18 Å². The minimum absolute atomic E-state index is 0.122. The minimum Gasteiger partial charge on any atom is -0.310 e. The highest BCUT2D eigenvalue weighted by molar-refractivity contribution is 5.26. The van der Waals surface area contributed by atoms with E-state index in [1.165, 1.54) is 12.1 Å². The number of hydrogen-bond donors (Lipinski definition) is 1. The Morgan fingerprint density at radius 3 is 2.71 bits per heavy atom. The Morgan fingerprint density at radius 1 is 1.41 bits per heavy atom. The van der Waals surface area contributed by atoms with Crippen molar-refractivity contribution in [1.29, 1.82) is 0 Å². The van der Waals surface area contributed by atoms with Crippen LogP contribution in [0.25, 0.3) is 0 Å². The molecule has 1 atom stereocenters. The van der Waals surface area contributed by atoms with Gasteiger partial charge in [0.1, 0.15) is 0 Å². The van der Waals surface area contributed by atoms with Crippen molar-refractivity contribution in [2.45, 2.75) is 25.6 Å². The Labute approximate surface area is 99.3 Å². The van der Waals surface area contributed by atoms with Crippen LogP contribution in [0.3, 0.4) is 0 Å². The highest BCUT2D eigenvalue weighted by Crippen LogP contribution is 2.29. The van der Waals surface area contributed by atoms with Gasteiger partial charge in [0.05, 0.1) is 5.56 Å². The Morgan fingerprint density at radius 2 is 2.12 bits per heavy atom. The summed E-state index contributed by atoms with van der Waals surface area (Å²) in [5, 5.41) is 3.14. The zero-order valence-corrected chi connectivity index (χ0v) is 9.72. The first kappa shape index (κ1) is 13.8. The van der Waals surface area contributed by atoms with Gasteiger partial charge in [0.25, 0.3) is 0 Å². The number of nitrogens with one attached hydrogen (secondary N) is 1. The summed E-state index contributed by atoms with van der Waals surface area (Å²) < 4.78 is 37.4. The lowest BCUT2D eigenvalue weighted by molar-refractivity contribution is -0.137. The van der Waals surface area contributed by atoms with Gasteiger partial charge in [0.2, 0.25) is 0 Å². The molecule has 0 heterocycles. The number of benzene rings is 1. The Kier molecular flexibility index (Phi) is 4.75. The second kappa shape index (κ2) is 5.87. The van der Waals surface area contributed by atoms with Crippen LogP contribution in [0.4, 0.5) is 13.2 Å². The number of hydrogen-bond acceptors (Lipinski definition) is 1. The fourth-order valence-electron chi connectivity index (χ4n) is 1.58. The van der Waals surface area contributed by atoms with E-state index >= 15 is 0 Å². The van der Waals surface area contributed by atoms with Gasteiger partial charge in [-0.2, -0.15) is 13.2 Å². The molecule has 1 N–H and O–H groups in total. The first-order chi connectivity index (χ1) is 7.93. The SMILES string of the molecule is C=CCNC(C)Cc1cccc(C(F)(F)F)c1. The van der Waals surface area contributed by atoms with Gasteiger partial charge < -0.3 is 5.32 Å². The second-order valence-electron chi connectivity index (χ2n) is 4.00. The van der Waals surface area contributed by atoms with Crippen LogP contribution in [-0.4, -0.2) is 12.6 Å². The van der Waals surface area contributed by atoms with E-state index in [2.05, 4.69) is 11.9 Å². The van der Waals surface area contributed by atoms with Crippen molar-refractivity contribution >= 4 is 0 Å². The molecule has 1 nitrogen and oxygen atoms in total. The van der Waals surface area contributed by atoms with E-state index < -0.39 is 11.7 Å². The third kappa shape index (κ3) is 4.61. The van der Waals surface area contributed by atoms with Crippen molar-refractivity contribution in [3.63, 3.8) is 0 Å². The van der Waals surface area contributed by atoms with Gasteiger partial charge in [-0.1, -0.05) is 24.3 Å². The van der Waals surface area contributed by atoms with Crippen molar-refractivity contribution in [3.8, 4) is 0 Å². The average Bonchev–Trinajstić information content (AvgIpc) is 2.25. The molecule has 0 saturated heterocycles. The summed E-state index contributed by atoms with van der Waals surface area (Å²) in [5.41, 5.74) is 0.0924. The topological polar surface area (TPSA) is 12.0 Å². The zero-order valence-electron chi connectivity index (χ0n) is 9.72. The fraction of sp³-hybridized carbons (Fsp3) is 0.385. The summed E-state index contributed by atoms with van der Waals surface area (Å²) in [6, 6.07) is 5.56. The first-order valence-electron chi connectivity index (χ1n) is 5.44. The van der Waals surface area contributed by atoms with Crippen LogP contribution in [0.5, 0.6) is 0 Å². The monoisotopic (exact) mass is 243 g/mol. The second-order valence-corrected chi connectivity index (χ2v) is 4.00. The Balaban J connectivity index is 2.69. The molecule has 0 aromatic heterocycles. The molecule has 1 aromatic carbocycles. The van der Waals surface area contributed by atoms with E-state index in [4.69, 9.17) is 0 Å². The number of alkyl halides is 3. The van der Waals surface area contributed by atoms with Crippen LogP contribution in [0, 0.1) is 0 Å². The van der Waals surface area contributed by atoms with Crippen LogP contribution in [-0.2, 0) is 12.6 Å². The van der Waals surface area contributed by atoms with Crippen molar-refractivity contribution in [2.24, 2.45) is 0 Å². The molecule has 0 aliphatic rings. The van der Waals surface area contributed by atoms with Crippen LogP contribution in [0.15, 0.2) is 36.9 Å². The molecule has 0 amide bonds. The predicted octanol–water partition coefficient (Wildman–Crippen LogP) is 3.41. The van der Waals surface area contributed by atoms with Crippen molar-refractivity contribution < 1.29 is 13.2 Å². The molecule has 1 rings (SSSR count). The molecule has 94 valence electrons. The van der Waals surface area contributed by atoms with Gasteiger partial charge in [0, 0.05) is 12.6 Å². The molecule has 1 unspecified atom stereocenters. The highest BCUT2D eigenvalue weighted by atomic mass is 19.4. The third-order valence-electron chi connectivity index (χ3n) is 2.41. The summed E-state index contributed by atoms with van der Waals surface area (Å²) >= 11 is 0. The Bertz CT molecular complexity index is 371. The molecule has 0 radical (unpaired) electrons. The van der Waals surface area contributed by atoms with Crippen LogP contribution < -0.4 is 5.32 Å². The standard InChI is InChI=1S/C13H16F3N/c1-3-7-17-10(2)8-11-5-4-6-12(9-11)13(14,15)16/h3-6,9-10,17H,1,7-8H2,2H3. The summed E-state index contributed by atoms with van der Waals surface area (Å²) in [6.07, 6.45) is -1.98. The predicted molar refractivity (Wildman–Crippen MR) is 62.8 cm³/mol. The molecular formula is C13H16F3N. The minimum atomic E-state index is -4.27. The maximum absolute atomic E-state index is 12.5. The molecule has 0 saturated carbocycles. The number of halogens is 3. The van der Waals surface area contributed by atoms with E-state index in [9.17, 15) is 13.2 Å². The van der Waals surface area contributed by atoms with E-state index in [0.717, 1.165) is 6.07 Å². The lowest BCUT2D eigenvalue weighted by Crippen LogP contribution is -2.28. The molecule has 4 heteroatoms. The highest BCUT2D eigenvalue weighted by Gasteiger charge is 2.30. The van der Waals surface area contributed by atoms with E-state index in [1.54, 1.807) is 12.1 Å². The average molecular weight is 243 g/mol. The third-order valence-corrected chi connectivity index (χ3v) is 2.41. The van der Waals surface area contributed by atoms with Crippen molar-refractivity contribution in [3.05, 3.63) is 48.0 Å². The molecule has 17 heavy (non-hydrogen) atoms. The number of rotatable bonds is 5. The largest absolute Gasteiger partial charge is 0.416 e. The Hall–Kier alpha value is -1.29. The lowest BCUT2D eigenvalue weighted by atomic mass is 10.0. The summed E-state index contributed by atoms with van der Waals surface area (Å²) in [7, 11) is 0. The van der Waals surface area contributed by atoms with E-state index in [0.29, 0.717) is 18.5 Å². The summed E-state index contributed by atoms with van der Waals surface area (Å²) in [6.45, 7) is 6.16. The van der Waals surface area contributed by atoms with E-state index in [1.807, 2.05) is 6.92 Å². The van der Waals surface area contributed by atoms with Crippen molar-refractivity contribution in [1.82, 2.24) is 5.32 Å². The quantitative estimate of drug-likeness (QED) is 0.781. The van der Waals surface area contributed by atoms with Gasteiger partial charge in [-0.05, 0) is 25.0 Å². The fourth-order valence-corrected chi connectivity index (χ4v) is 1.58. The van der Waals surface area contributed by atoms with Crippen LogP contribution in [0.1, 0.15) is 18.1 Å². The molecule has 0 fully saturated rings. The van der Waals surface area contributed by atoms with E-state index in [-0.39, 0.29) is 6.04 Å². The van der Waals surface area contributed by atoms with Crippen LogP contribution >= 0.6 is 0 Å². The smallest absolute Gasteiger partial charge is 0.310 e. The zero-order chi connectivity index (χ0) is 12.9. The maximum Gasteiger partial charge on any atom is 0.416 e. The summed E-state index contributed by atoms with van der Waals surface area (Å²) in [4.78, 5) is 0. The van der Waals surface area contributed by atoms with Crippen molar-refractivity contribution in [2.75, 3.05) is 6.54 Å². The molecule has 0 aliphatic heterocycles. The summed E-state index contributed by atoms with van der Waals surface area (Å²) in [5.74, 6) is 0. The molecular weight excluding hydrogens is 227 g/mol. The molecule has 0 spiro atoms. The molecule has 0 aliphatic carbocycles. The molecule has 1 aromatic rings. The normalized spacial score (nSPS) is 13.4. The molecule has 0 bridgehead atoms. The van der Waals surface area contributed by atoms with Gasteiger partial charge in [-0.25, -0.2) is 0 Å². The lowest BCUT2D eigenvalue weighted by Gasteiger charge is -2.14. The first-order valence-corrected chi connectivity index (χ1v) is 5.44. The van der Waals surface area contributed by atoms with Gasteiger partial charge in [-0.3, -0.25) is 0 Å². The van der Waals surface area contributed by atoms with Gasteiger partial charge in [-0.15, -0.1) is 6.58 Å². The van der Waals surface area contributed by atoms with Crippen LogP contribution in [0.2, 0.25) is 0 Å². The maximum atomic E-state index is 12.5.